The molecule has 2 heterocycles. The van der Waals surface area contributed by atoms with Gasteiger partial charge in [0, 0.05) is 18.6 Å². The summed E-state index contributed by atoms with van der Waals surface area (Å²) in [6, 6.07) is 6.42. The molecule has 0 saturated heterocycles. The van der Waals surface area contributed by atoms with E-state index in [1.165, 1.54) is 17.8 Å². The second kappa shape index (κ2) is 8.38. The number of halogens is 1. The minimum Gasteiger partial charge on any atom is -0.397 e. The van der Waals surface area contributed by atoms with E-state index in [9.17, 15) is 14.0 Å². The second-order valence-corrected chi connectivity index (χ2v) is 8.44. The number of aromatic amines is 1. The number of carbonyl (C=O) groups excluding carboxylic acids is 1. The van der Waals surface area contributed by atoms with Crippen LogP contribution in [-0.2, 0) is 11.2 Å². The van der Waals surface area contributed by atoms with E-state index < -0.39 is 5.82 Å². The summed E-state index contributed by atoms with van der Waals surface area (Å²) in [6.07, 6.45) is 1.32. The van der Waals surface area contributed by atoms with Crippen LogP contribution in [0.3, 0.4) is 0 Å². The average molecular weight is 441 g/mol. The number of aromatic nitrogens is 2. The third-order valence-electron chi connectivity index (χ3n) is 4.85. The maximum absolute atomic E-state index is 14.1. The molecule has 0 spiro atoms. The molecule has 1 aliphatic rings. The first-order chi connectivity index (χ1) is 14.8. The van der Waals surface area contributed by atoms with E-state index in [0.29, 0.717) is 52.2 Å². The summed E-state index contributed by atoms with van der Waals surface area (Å²) < 4.78 is 14.1. The molecule has 6 N–H and O–H groups in total. The fourth-order valence-electron chi connectivity index (χ4n) is 3.36. The quantitative estimate of drug-likeness (QED) is 0.208. The molecule has 1 amide bonds. The molecular formula is C21H21FN6O2S. The van der Waals surface area contributed by atoms with Crippen LogP contribution < -0.4 is 22.3 Å². The number of anilines is 2. The van der Waals surface area contributed by atoms with E-state index in [1.54, 1.807) is 25.1 Å². The van der Waals surface area contributed by atoms with Crippen molar-refractivity contribution in [3.8, 4) is 0 Å². The zero-order valence-corrected chi connectivity index (χ0v) is 17.6. The lowest BCUT2D eigenvalue weighted by Crippen LogP contribution is -2.30. The number of rotatable bonds is 5. The molecule has 0 bridgehead atoms. The van der Waals surface area contributed by atoms with Gasteiger partial charge < -0.3 is 21.8 Å². The second-order valence-electron chi connectivity index (χ2n) is 7.36. The number of aliphatic imine (C=N–C) groups is 1. The van der Waals surface area contributed by atoms with Crippen LogP contribution in [0.5, 0.6) is 0 Å². The number of amides is 1. The Labute approximate surface area is 181 Å². The monoisotopic (exact) mass is 440 g/mol. The Morgan fingerprint density at radius 3 is 2.84 bits per heavy atom. The summed E-state index contributed by atoms with van der Waals surface area (Å²) in [6.45, 7) is 1.72. The predicted octanol–water partition coefficient (Wildman–Crippen LogP) is 2.81. The number of nitrogens with two attached hydrogens (primary N) is 2. The first-order valence-corrected chi connectivity index (χ1v) is 10.7. The van der Waals surface area contributed by atoms with Crippen molar-refractivity contribution in [2.24, 2.45) is 4.99 Å². The number of benzene rings is 2. The Hall–Kier alpha value is -3.40. The van der Waals surface area contributed by atoms with E-state index in [4.69, 9.17) is 11.5 Å². The van der Waals surface area contributed by atoms with E-state index in [2.05, 4.69) is 20.3 Å². The van der Waals surface area contributed by atoms with Gasteiger partial charge in [0.1, 0.15) is 17.2 Å². The van der Waals surface area contributed by atoms with Crippen LogP contribution in [0.15, 0.2) is 39.2 Å². The average Bonchev–Trinajstić information content (AvgIpc) is 3.07. The molecule has 160 valence electrons. The molecule has 0 aliphatic carbocycles. The highest BCUT2D eigenvalue weighted by atomic mass is 32.2. The van der Waals surface area contributed by atoms with Gasteiger partial charge in [-0.1, -0.05) is 11.8 Å². The van der Waals surface area contributed by atoms with Crippen molar-refractivity contribution >= 4 is 51.5 Å². The van der Waals surface area contributed by atoms with E-state index in [-0.39, 0.29) is 28.8 Å². The number of aryl methyl sites for hydroxylation is 1. The van der Waals surface area contributed by atoms with Crippen molar-refractivity contribution in [2.75, 3.05) is 17.2 Å². The fourth-order valence-corrected chi connectivity index (χ4v) is 4.16. The molecule has 1 aromatic heterocycles. The molecule has 0 saturated carbocycles. The molecule has 0 unspecified atom stereocenters. The maximum Gasteiger partial charge on any atom is 0.259 e. The number of hydrogen-bond acceptors (Lipinski definition) is 7. The lowest BCUT2D eigenvalue weighted by Gasteiger charge is -2.06. The Morgan fingerprint density at radius 2 is 2.03 bits per heavy atom. The molecule has 4 rings (SSSR count). The summed E-state index contributed by atoms with van der Waals surface area (Å²) in [5, 5.41) is 3.36. The van der Waals surface area contributed by atoms with Gasteiger partial charge in [0.15, 0.2) is 5.16 Å². The van der Waals surface area contributed by atoms with E-state index in [1.807, 2.05) is 0 Å². The Kier molecular flexibility index (Phi) is 5.64. The number of carbonyl (C=O) groups is 1. The van der Waals surface area contributed by atoms with Crippen LogP contribution in [-0.4, -0.2) is 27.5 Å². The van der Waals surface area contributed by atoms with E-state index in [0.717, 1.165) is 5.56 Å². The van der Waals surface area contributed by atoms with Crippen molar-refractivity contribution in [2.45, 2.75) is 31.3 Å². The van der Waals surface area contributed by atoms with Crippen molar-refractivity contribution < 1.29 is 9.18 Å². The third kappa shape index (κ3) is 4.53. The summed E-state index contributed by atoms with van der Waals surface area (Å²) in [7, 11) is 0. The predicted molar refractivity (Wildman–Crippen MR) is 121 cm³/mol. The molecule has 0 atom stereocenters. The highest BCUT2D eigenvalue weighted by Crippen LogP contribution is 2.32. The minimum absolute atomic E-state index is 0.0506. The number of amidine groups is 1. The summed E-state index contributed by atoms with van der Waals surface area (Å²) >= 11 is 1.27. The maximum atomic E-state index is 14.1. The van der Waals surface area contributed by atoms with Crippen LogP contribution in [0.2, 0.25) is 0 Å². The van der Waals surface area contributed by atoms with Crippen LogP contribution in [0.4, 0.5) is 21.5 Å². The topological polar surface area (TPSA) is 139 Å². The molecule has 0 radical (unpaired) electrons. The van der Waals surface area contributed by atoms with Crippen LogP contribution in [0.1, 0.15) is 24.0 Å². The van der Waals surface area contributed by atoms with Gasteiger partial charge in [0.25, 0.3) is 5.56 Å². The summed E-state index contributed by atoms with van der Waals surface area (Å²) in [4.78, 5) is 35.7. The van der Waals surface area contributed by atoms with Gasteiger partial charge in [-0.25, -0.2) is 14.4 Å². The fraction of sp³-hybridized carbons (Fsp3) is 0.238. The van der Waals surface area contributed by atoms with Crippen molar-refractivity contribution in [1.29, 1.82) is 0 Å². The highest BCUT2D eigenvalue weighted by molar-refractivity contribution is 7.99. The highest BCUT2D eigenvalue weighted by Gasteiger charge is 2.18. The SMILES string of the molecule is Cc1cc(F)c2nc(SCCCC(=O)NC3=Nc4cc(N)c(N)cc4C3)[nH]c(=O)c2c1. The number of H-pyrrole nitrogens is 1. The van der Waals surface area contributed by atoms with Gasteiger partial charge >= 0.3 is 0 Å². The minimum atomic E-state index is -0.524. The van der Waals surface area contributed by atoms with Gasteiger partial charge in [-0.15, -0.1) is 0 Å². The van der Waals surface area contributed by atoms with Gasteiger partial charge in [-0.3, -0.25) is 9.59 Å². The summed E-state index contributed by atoms with van der Waals surface area (Å²) in [5.74, 6) is 0.414. The van der Waals surface area contributed by atoms with Crippen LogP contribution in [0.25, 0.3) is 10.9 Å². The normalized spacial score (nSPS) is 12.6. The molecule has 31 heavy (non-hydrogen) atoms. The molecule has 0 fully saturated rings. The van der Waals surface area contributed by atoms with Crippen molar-refractivity contribution in [3.63, 3.8) is 0 Å². The molecule has 2 aromatic carbocycles. The standard InChI is InChI=1S/C21H21FN6O2S/c1-10-5-12-19(13(22)6-10)27-21(28-20(12)30)31-4-2-3-18(29)26-17-8-11-7-14(23)15(24)9-16(11)25-17/h5-7,9H,2-4,8,23-24H2,1H3,(H,25,26,29)(H,27,28,30). The van der Waals surface area contributed by atoms with Crippen LogP contribution >= 0.6 is 11.8 Å². The smallest absolute Gasteiger partial charge is 0.259 e. The number of nitrogens with zero attached hydrogens (tertiary/aromatic N) is 2. The number of nitrogens with one attached hydrogen (secondary N) is 2. The summed E-state index contributed by atoms with van der Waals surface area (Å²) in [5.41, 5.74) is 14.5. The molecular weight excluding hydrogens is 419 g/mol. The first kappa shape index (κ1) is 20.9. The Morgan fingerprint density at radius 1 is 1.26 bits per heavy atom. The zero-order valence-electron chi connectivity index (χ0n) is 16.8. The van der Waals surface area contributed by atoms with Crippen molar-refractivity contribution in [3.05, 3.63) is 51.6 Å². The van der Waals surface area contributed by atoms with Crippen molar-refractivity contribution in [1.82, 2.24) is 15.3 Å². The lowest BCUT2D eigenvalue weighted by molar-refractivity contribution is -0.119. The van der Waals surface area contributed by atoms with Gasteiger partial charge in [0.2, 0.25) is 5.91 Å². The van der Waals surface area contributed by atoms with E-state index >= 15 is 0 Å². The number of nitrogen functional groups attached to an aromatic ring is 2. The number of hydrogen-bond donors (Lipinski definition) is 4. The third-order valence-corrected chi connectivity index (χ3v) is 5.81. The molecule has 3 aromatic rings. The largest absolute Gasteiger partial charge is 0.397 e. The first-order valence-electron chi connectivity index (χ1n) is 9.68. The van der Waals surface area contributed by atoms with Crippen LogP contribution in [0, 0.1) is 12.7 Å². The molecule has 10 heteroatoms. The molecule has 1 aliphatic heterocycles. The van der Waals surface area contributed by atoms with Gasteiger partial charge in [-0.05, 0) is 48.7 Å². The molecule has 8 nitrogen and oxygen atoms in total. The van der Waals surface area contributed by atoms with Gasteiger partial charge in [0.05, 0.1) is 22.4 Å². The number of fused-ring (bicyclic) bond motifs is 2. The van der Waals surface area contributed by atoms with Gasteiger partial charge in [-0.2, -0.15) is 0 Å². The zero-order chi connectivity index (χ0) is 22.1. The Bertz CT molecular complexity index is 1290. The lowest BCUT2D eigenvalue weighted by atomic mass is 10.1. The number of thioether (sulfide) groups is 1. The Balaban J connectivity index is 1.30.